The zero-order valence-electron chi connectivity index (χ0n) is 6.17. The lowest BCUT2D eigenvalue weighted by Gasteiger charge is -2.08. The SMILES string of the molecule is CCC(=O)C1COCC1N. The molecule has 2 atom stereocenters. The summed E-state index contributed by atoms with van der Waals surface area (Å²) in [6.07, 6.45) is 0.571. The quantitative estimate of drug-likeness (QED) is 0.589. The summed E-state index contributed by atoms with van der Waals surface area (Å²) in [6.45, 7) is 2.91. The lowest BCUT2D eigenvalue weighted by Crippen LogP contribution is -2.33. The fourth-order valence-corrected chi connectivity index (χ4v) is 1.16. The molecular weight excluding hydrogens is 130 g/mol. The fourth-order valence-electron chi connectivity index (χ4n) is 1.16. The first-order valence-corrected chi connectivity index (χ1v) is 3.61. The van der Waals surface area contributed by atoms with E-state index in [0.717, 1.165) is 0 Å². The van der Waals surface area contributed by atoms with Crippen LogP contribution in [0.15, 0.2) is 0 Å². The molecule has 58 valence electrons. The Hall–Kier alpha value is -0.410. The normalized spacial score (nSPS) is 32.6. The van der Waals surface area contributed by atoms with Crippen molar-refractivity contribution in [3.05, 3.63) is 0 Å². The number of ketones is 1. The Bertz CT molecular complexity index is 136. The van der Waals surface area contributed by atoms with Gasteiger partial charge in [-0.2, -0.15) is 0 Å². The van der Waals surface area contributed by atoms with Gasteiger partial charge in [-0.25, -0.2) is 0 Å². The summed E-state index contributed by atoms with van der Waals surface area (Å²) < 4.78 is 5.05. The molecule has 0 aromatic heterocycles. The Labute approximate surface area is 60.5 Å². The Balaban J connectivity index is 2.46. The average Bonchev–Trinajstić information content (AvgIpc) is 2.34. The van der Waals surface area contributed by atoms with Crippen molar-refractivity contribution in [3.63, 3.8) is 0 Å². The largest absolute Gasteiger partial charge is 0.379 e. The van der Waals surface area contributed by atoms with Crippen molar-refractivity contribution in [1.29, 1.82) is 0 Å². The van der Waals surface area contributed by atoms with E-state index in [-0.39, 0.29) is 17.7 Å². The average molecular weight is 143 g/mol. The fraction of sp³-hybridized carbons (Fsp3) is 0.857. The molecule has 1 heterocycles. The molecule has 0 amide bonds. The van der Waals surface area contributed by atoms with Crippen LogP contribution in [-0.2, 0) is 9.53 Å². The van der Waals surface area contributed by atoms with Crippen LogP contribution in [0.3, 0.4) is 0 Å². The number of rotatable bonds is 2. The van der Waals surface area contributed by atoms with Gasteiger partial charge in [0.2, 0.25) is 0 Å². The van der Waals surface area contributed by atoms with Crippen LogP contribution >= 0.6 is 0 Å². The Morgan fingerprint density at radius 2 is 2.40 bits per heavy atom. The highest BCUT2D eigenvalue weighted by atomic mass is 16.5. The maximum absolute atomic E-state index is 11.1. The molecule has 1 saturated heterocycles. The molecule has 1 fully saturated rings. The van der Waals surface area contributed by atoms with Crippen LogP contribution in [0.4, 0.5) is 0 Å². The molecule has 0 saturated carbocycles. The molecule has 1 aliphatic rings. The summed E-state index contributed by atoms with van der Waals surface area (Å²) in [6, 6.07) is -0.0625. The van der Waals surface area contributed by atoms with E-state index >= 15 is 0 Å². The highest BCUT2D eigenvalue weighted by Crippen LogP contribution is 2.13. The molecule has 2 unspecified atom stereocenters. The highest BCUT2D eigenvalue weighted by molar-refractivity contribution is 5.81. The number of hydrogen-bond donors (Lipinski definition) is 1. The molecule has 0 spiro atoms. The molecule has 0 bridgehead atoms. The first kappa shape index (κ1) is 7.69. The Morgan fingerprint density at radius 1 is 1.70 bits per heavy atom. The maximum Gasteiger partial charge on any atom is 0.139 e. The van der Waals surface area contributed by atoms with E-state index in [1.807, 2.05) is 6.92 Å². The summed E-state index contributed by atoms with van der Waals surface area (Å²) in [5.41, 5.74) is 5.61. The van der Waals surface area contributed by atoms with Gasteiger partial charge in [-0.15, -0.1) is 0 Å². The number of carbonyl (C=O) groups is 1. The van der Waals surface area contributed by atoms with E-state index in [0.29, 0.717) is 19.6 Å². The second kappa shape index (κ2) is 3.12. The lowest BCUT2D eigenvalue weighted by atomic mass is 9.98. The summed E-state index contributed by atoms with van der Waals surface area (Å²) in [7, 11) is 0. The van der Waals surface area contributed by atoms with Crippen LogP contribution in [-0.4, -0.2) is 25.0 Å². The zero-order chi connectivity index (χ0) is 7.56. The molecule has 0 aliphatic carbocycles. The number of carbonyl (C=O) groups excluding carboxylic acids is 1. The summed E-state index contributed by atoms with van der Waals surface area (Å²) in [5.74, 6) is 0.190. The third kappa shape index (κ3) is 1.36. The van der Waals surface area contributed by atoms with Gasteiger partial charge in [0.05, 0.1) is 19.1 Å². The van der Waals surface area contributed by atoms with Gasteiger partial charge >= 0.3 is 0 Å². The van der Waals surface area contributed by atoms with Gasteiger partial charge in [0.25, 0.3) is 0 Å². The highest BCUT2D eigenvalue weighted by Gasteiger charge is 2.29. The minimum Gasteiger partial charge on any atom is -0.379 e. The van der Waals surface area contributed by atoms with Crippen molar-refractivity contribution >= 4 is 5.78 Å². The van der Waals surface area contributed by atoms with E-state index < -0.39 is 0 Å². The molecule has 0 radical (unpaired) electrons. The van der Waals surface area contributed by atoms with Crippen molar-refractivity contribution in [2.75, 3.05) is 13.2 Å². The van der Waals surface area contributed by atoms with Gasteiger partial charge < -0.3 is 10.5 Å². The van der Waals surface area contributed by atoms with Gasteiger partial charge in [0.15, 0.2) is 0 Å². The number of Topliss-reactive ketones (excluding diaryl/α,β-unsaturated/α-hetero) is 1. The Morgan fingerprint density at radius 3 is 2.80 bits per heavy atom. The van der Waals surface area contributed by atoms with Gasteiger partial charge in [-0.1, -0.05) is 6.92 Å². The number of hydrogen-bond acceptors (Lipinski definition) is 3. The minimum atomic E-state index is -0.0625. The standard InChI is InChI=1S/C7H13NO2/c1-2-7(9)5-3-10-4-6(5)8/h5-6H,2-4,8H2,1H3. The van der Waals surface area contributed by atoms with Gasteiger partial charge in [0, 0.05) is 12.5 Å². The molecule has 2 N–H and O–H groups in total. The van der Waals surface area contributed by atoms with E-state index in [1.165, 1.54) is 0 Å². The smallest absolute Gasteiger partial charge is 0.139 e. The third-order valence-corrected chi connectivity index (χ3v) is 1.89. The van der Waals surface area contributed by atoms with Crippen LogP contribution < -0.4 is 5.73 Å². The molecule has 0 aromatic rings. The van der Waals surface area contributed by atoms with Crippen LogP contribution in [0.2, 0.25) is 0 Å². The van der Waals surface area contributed by atoms with Gasteiger partial charge in [-0.05, 0) is 0 Å². The van der Waals surface area contributed by atoms with Crippen LogP contribution in [0.1, 0.15) is 13.3 Å². The Kier molecular flexibility index (Phi) is 2.40. The predicted molar refractivity (Wildman–Crippen MR) is 37.6 cm³/mol. The van der Waals surface area contributed by atoms with Gasteiger partial charge in [0.1, 0.15) is 5.78 Å². The first-order valence-electron chi connectivity index (χ1n) is 3.61. The second-order valence-corrected chi connectivity index (χ2v) is 2.63. The molecule has 1 rings (SSSR count). The summed E-state index contributed by atoms with van der Waals surface area (Å²) >= 11 is 0. The molecule has 10 heavy (non-hydrogen) atoms. The van der Waals surface area contributed by atoms with Crippen molar-refractivity contribution in [1.82, 2.24) is 0 Å². The van der Waals surface area contributed by atoms with Crippen molar-refractivity contribution < 1.29 is 9.53 Å². The van der Waals surface area contributed by atoms with Gasteiger partial charge in [-0.3, -0.25) is 4.79 Å². The summed E-state index contributed by atoms with van der Waals surface area (Å²) in [4.78, 5) is 11.1. The molecule has 0 aromatic carbocycles. The van der Waals surface area contributed by atoms with E-state index in [1.54, 1.807) is 0 Å². The molecular formula is C7H13NO2. The maximum atomic E-state index is 11.1. The first-order chi connectivity index (χ1) is 4.75. The molecule has 3 nitrogen and oxygen atoms in total. The topological polar surface area (TPSA) is 52.3 Å². The monoisotopic (exact) mass is 143 g/mol. The van der Waals surface area contributed by atoms with Crippen molar-refractivity contribution in [3.8, 4) is 0 Å². The molecule has 3 heteroatoms. The van der Waals surface area contributed by atoms with Crippen molar-refractivity contribution in [2.24, 2.45) is 11.7 Å². The second-order valence-electron chi connectivity index (χ2n) is 2.63. The van der Waals surface area contributed by atoms with E-state index in [9.17, 15) is 4.79 Å². The summed E-state index contributed by atoms with van der Waals surface area (Å²) in [5, 5.41) is 0. The third-order valence-electron chi connectivity index (χ3n) is 1.89. The van der Waals surface area contributed by atoms with E-state index in [4.69, 9.17) is 10.5 Å². The number of nitrogens with two attached hydrogens (primary N) is 1. The van der Waals surface area contributed by atoms with Crippen LogP contribution in [0.5, 0.6) is 0 Å². The molecule has 1 aliphatic heterocycles. The predicted octanol–water partition coefficient (Wildman–Crippen LogP) is -0.0608. The lowest BCUT2D eigenvalue weighted by molar-refractivity contribution is -0.122. The minimum absolute atomic E-state index is 0.0370. The number of ether oxygens (including phenoxy) is 1. The van der Waals surface area contributed by atoms with E-state index in [2.05, 4.69) is 0 Å². The van der Waals surface area contributed by atoms with Crippen LogP contribution in [0.25, 0.3) is 0 Å². The van der Waals surface area contributed by atoms with Crippen molar-refractivity contribution in [2.45, 2.75) is 19.4 Å². The van der Waals surface area contributed by atoms with Crippen LogP contribution in [0, 0.1) is 5.92 Å². The zero-order valence-corrected chi connectivity index (χ0v) is 6.17.